The summed E-state index contributed by atoms with van der Waals surface area (Å²) in [6.45, 7) is 9.49. The highest BCUT2D eigenvalue weighted by Crippen LogP contribution is 2.25. The summed E-state index contributed by atoms with van der Waals surface area (Å²) in [6.07, 6.45) is 4.30. The van der Waals surface area contributed by atoms with Crippen LogP contribution in [0.5, 0.6) is 0 Å². The summed E-state index contributed by atoms with van der Waals surface area (Å²) in [5, 5.41) is 6.83. The first-order valence-electron chi connectivity index (χ1n) is 8.65. The Hall–Kier alpha value is -2.10. The van der Waals surface area contributed by atoms with E-state index in [1.807, 2.05) is 13.0 Å². The summed E-state index contributed by atoms with van der Waals surface area (Å²) >= 11 is 0. The van der Waals surface area contributed by atoms with E-state index in [4.69, 9.17) is 0 Å². The molecule has 0 fully saturated rings. The zero-order valence-corrected chi connectivity index (χ0v) is 14.7. The van der Waals surface area contributed by atoms with Gasteiger partial charge in [-0.2, -0.15) is 4.98 Å². The van der Waals surface area contributed by atoms with Crippen LogP contribution in [0.3, 0.4) is 0 Å². The number of aromatic nitrogens is 2. The Morgan fingerprint density at radius 3 is 2.30 bits per heavy atom. The van der Waals surface area contributed by atoms with E-state index in [0.29, 0.717) is 5.95 Å². The van der Waals surface area contributed by atoms with Crippen molar-refractivity contribution in [3.8, 4) is 0 Å². The van der Waals surface area contributed by atoms with Crippen LogP contribution in [0.15, 0.2) is 24.3 Å². The van der Waals surface area contributed by atoms with Gasteiger partial charge in [-0.1, -0.05) is 45.4 Å². The van der Waals surface area contributed by atoms with Gasteiger partial charge in [0.05, 0.1) is 0 Å². The number of hydrogen-bond acceptors (Lipinski definition) is 4. The van der Waals surface area contributed by atoms with Gasteiger partial charge in [-0.3, -0.25) is 0 Å². The van der Waals surface area contributed by atoms with Crippen molar-refractivity contribution < 1.29 is 0 Å². The fourth-order valence-corrected chi connectivity index (χ4v) is 2.62. The lowest BCUT2D eigenvalue weighted by Crippen LogP contribution is -2.08. The van der Waals surface area contributed by atoms with Crippen molar-refractivity contribution in [3.05, 3.63) is 41.1 Å². The lowest BCUT2D eigenvalue weighted by molar-refractivity contribution is 0.830. The van der Waals surface area contributed by atoms with Gasteiger partial charge in [0.1, 0.15) is 5.82 Å². The van der Waals surface area contributed by atoms with Gasteiger partial charge in [0.2, 0.25) is 5.95 Å². The minimum Gasteiger partial charge on any atom is -0.370 e. The molecule has 0 saturated carbocycles. The van der Waals surface area contributed by atoms with Crippen molar-refractivity contribution in [2.24, 2.45) is 0 Å². The lowest BCUT2D eigenvalue weighted by atomic mass is 10.0. The average Bonchev–Trinajstić information content (AvgIpc) is 2.55. The van der Waals surface area contributed by atoms with Crippen LogP contribution in [0.1, 0.15) is 50.4 Å². The average molecular weight is 312 g/mol. The molecular formula is C19H28N4. The molecule has 0 aliphatic rings. The number of anilines is 3. The van der Waals surface area contributed by atoms with E-state index in [0.717, 1.165) is 43.0 Å². The molecule has 2 rings (SSSR count). The van der Waals surface area contributed by atoms with Gasteiger partial charge in [0, 0.05) is 24.0 Å². The fraction of sp³-hybridized carbons (Fsp3) is 0.474. The number of rotatable bonds is 8. The molecule has 0 unspecified atom stereocenters. The molecule has 23 heavy (non-hydrogen) atoms. The van der Waals surface area contributed by atoms with E-state index < -0.39 is 0 Å². The summed E-state index contributed by atoms with van der Waals surface area (Å²) in [6, 6.07) is 8.44. The van der Waals surface area contributed by atoms with Crippen molar-refractivity contribution in [1.29, 1.82) is 0 Å². The molecule has 4 heteroatoms. The van der Waals surface area contributed by atoms with E-state index >= 15 is 0 Å². The van der Waals surface area contributed by atoms with Crippen LogP contribution < -0.4 is 10.6 Å². The predicted molar refractivity (Wildman–Crippen MR) is 98.6 cm³/mol. The predicted octanol–water partition coefficient (Wildman–Crippen LogP) is 4.87. The van der Waals surface area contributed by atoms with E-state index in [2.05, 4.69) is 59.6 Å². The van der Waals surface area contributed by atoms with E-state index in [1.165, 1.54) is 17.5 Å². The standard InChI is InChI=1S/C19H28N4/c1-5-8-12-20-17-13-14(4)21-19(22-17)23-18-15(6-2)10-9-11-16(18)7-3/h9-11,13H,5-8,12H2,1-4H3,(H2,20,21,22,23). The fourth-order valence-electron chi connectivity index (χ4n) is 2.62. The molecule has 4 nitrogen and oxygen atoms in total. The number of hydrogen-bond donors (Lipinski definition) is 2. The Bertz CT molecular complexity index is 615. The molecule has 0 spiro atoms. The largest absolute Gasteiger partial charge is 0.370 e. The Kier molecular flexibility index (Phi) is 6.39. The molecule has 0 atom stereocenters. The van der Waals surface area contributed by atoms with Crippen LogP contribution in [-0.2, 0) is 12.8 Å². The second-order valence-corrected chi connectivity index (χ2v) is 5.78. The first-order valence-corrected chi connectivity index (χ1v) is 8.65. The Morgan fingerprint density at radius 2 is 1.70 bits per heavy atom. The molecule has 2 N–H and O–H groups in total. The van der Waals surface area contributed by atoms with E-state index in [-0.39, 0.29) is 0 Å². The Morgan fingerprint density at radius 1 is 1.00 bits per heavy atom. The Labute approximate surface area is 139 Å². The molecule has 1 aromatic heterocycles. The molecule has 0 aliphatic carbocycles. The number of unbranched alkanes of at least 4 members (excludes halogenated alkanes) is 1. The molecule has 0 radical (unpaired) electrons. The number of aryl methyl sites for hydroxylation is 3. The molecule has 0 amide bonds. The first-order chi connectivity index (χ1) is 11.2. The number of benzene rings is 1. The molecule has 124 valence electrons. The number of para-hydroxylation sites is 1. The maximum Gasteiger partial charge on any atom is 0.229 e. The second-order valence-electron chi connectivity index (χ2n) is 5.78. The van der Waals surface area contributed by atoms with Crippen molar-refractivity contribution in [2.45, 2.75) is 53.4 Å². The Balaban J connectivity index is 2.26. The molecular weight excluding hydrogens is 284 g/mol. The third-order valence-corrected chi connectivity index (χ3v) is 3.93. The van der Waals surface area contributed by atoms with E-state index in [1.54, 1.807) is 0 Å². The molecule has 0 aliphatic heterocycles. The van der Waals surface area contributed by atoms with Gasteiger partial charge in [-0.25, -0.2) is 4.98 Å². The van der Waals surface area contributed by atoms with E-state index in [9.17, 15) is 0 Å². The quantitative estimate of drug-likeness (QED) is 0.683. The van der Waals surface area contributed by atoms with Crippen LogP contribution in [0.2, 0.25) is 0 Å². The third kappa shape index (κ3) is 4.68. The van der Waals surface area contributed by atoms with Gasteiger partial charge in [0.25, 0.3) is 0 Å². The first kappa shape index (κ1) is 17.3. The lowest BCUT2D eigenvalue weighted by Gasteiger charge is -2.15. The van der Waals surface area contributed by atoms with Gasteiger partial charge in [0.15, 0.2) is 0 Å². The molecule has 1 heterocycles. The molecule has 1 aromatic carbocycles. The third-order valence-electron chi connectivity index (χ3n) is 3.93. The maximum atomic E-state index is 4.62. The van der Waals surface area contributed by atoms with Crippen LogP contribution >= 0.6 is 0 Å². The van der Waals surface area contributed by atoms with Crippen molar-refractivity contribution >= 4 is 17.5 Å². The van der Waals surface area contributed by atoms with Gasteiger partial charge >= 0.3 is 0 Å². The second kappa shape index (κ2) is 8.51. The highest BCUT2D eigenvalue weighted by atomic mass is 15.1. The highest BCUT2D eigenvalue weighted by molar-refractivity contribution is 5.64. The minimum atomic E-state index is 0.666. The monoisotopic (exact) mass is 312 g/mol. The van der Waals surface area contributed by atoms with Gasteiger partial charge in [-0.05, 0) is 37.3 Å². The SMILES string of the molecule is CCCCNc1cc(C)nc(Nc2c(CC)cccc2CC)n1. The van der Waals surface area contributed by atoms with Gasteiger partial charge < -0.3 is 10.6 Å². The zero-order valence-electron chi connectivity index (χ0n) is 14.7. The minimum absolute atomic E-state index is 0.666. The maximum absolute atomic E-state index is 4.62. The van der Waals surface area contributed by atoms with Crippen LogP contribution in [-0.4, -0.2) is 16.5 Å². The summed E-state index contributed by atoms with van der Waals surface area (Å²) in [4.78, 5) is 9.16. The topological polar surface area (TPSA) is 49.8 Å². The van der Waals surface area contributed by atoms with Crippen LogP contribution in [0.25, 0.3) is 0 Å². The van der Waals surface area contributed by atoms with Crippen molar-refractivity contribution in [2.75, 3.05) is 17.2 Å². The molecule has 0 bridgehead atoms. The van der Waals surface area contributed by atoms with Crippen LogP contribution in [0.4, 0.5) is 17.5 Å². The summed E-state index contributed by atoms with van der Waals surface area (Å²) in [5.41, 5.74) is 4.72. The van der Waals surface area contributed by atoms with Crippen molar-refractivity contribution in [1.82, 2.24) is 9.97 Å². The summed E-state index contributed by atoms with van der Waals surface area (Å²) in [5.74, 6) is 1.56. The smallest absolute Gasteiger partial charge is 0.229 e. The molecule has 0 saturated heterocycles. The molecule has 2 aromatic rings. The summed E-state index contributed by atoms with van der Waals surface area (Å²) in [7, 11) is 0. The number of nitrogens with one attached hydrogen (secondary N) is 2. The summed E-state index contributed by atoms with van der Waals surface area (Å²) < 4.78 is 0. The van der Waals surface area contributed by atoms with Gasteiger partial charge in [-0.15, -0.1) is 0 Å². The zero-order chi connectivity index (χ0) is 16.7. The van der Waals surface area contributed by atoms with Crippen molar-refractivity contribution in [3.63, 3.8) is 0 Å². The number of nitrogens with zero attached hydrogens (tertiary/aromatic N) is 2. The van der Waals surface area contributed by atoms with Crippen LogP contribution in [0, 0.1) is 6.92 Å². The normalized spacial score (nSPS) is 10.6. The highest BCUT2D eigenvalue weighted by Gasteiger charge is 2.09.